The van der Waals surface area contributed by atoms with E-state index < -0.39 is 4.92 Å². The molecule has 0 amide bonds. The number of thiophene rings is 1. The Morgan fingerprint density at radius 2 is 1.63 bits per heavy atom. The summed E-state index contributed by atoms with van der Waals surface area (Å²) in [6.07, 6.45) is 3.49. The lowest BCUT2D eigenvalue weighted by molar-refractivity contribution is -0.380. The largest absolute Gasteiger partial charge is 0.494 e. The first-order valence-electron chi connectivity index (χ1n) is 12.4. The van der Waals surface area contributed by atoms with Gasteiger partial charge in [-0.2, -0.15) is 0 Å². The number of allylic oxidation sites excluding steroid dienone is 3. The van der Waals surface area contributed by atoms with E-state index >= 15 is 0 Å². The Bertz CT molecular complexity index is 1260. The minimum absolute atomic E-state index is 0.0202. The molecule has 6 nitrogen and oxygen atoms in total. The molecule has 0 radical (unpaired) electrons. The summed E-state index contributed by atoms with van der Waals surface area (Å²) in [6.45, 7) is 12.9. The van der Waals surface area contributed by atoms with Gasteiger partial charge < -0.3 is 9.47 Å². The standard InChI is InChI=1S/C23H28O2S.C7H7NO3S/c1-6-16-24-21-14-10-20(11-15-21)19(5)23(26-18(4)7-2)25-22-12-8-17(3)9-13-22;1-2-5(9)6-3-4-7(12-6)8(10)11/h7-15H,6,16H2,1-5H3;3-4H,2H2,1H3/b18-7-,23-19+;. The highest BCUT2D eigenvalue weighted by atomic mass is 32.2. The van der Waals surface area contributed by atoms with Crippen molar-refractivity contribution in [3.63, 3.8) is 0 Å². The summed E-state index contributed by atoms with van der Waals surface area (Å²) >= 11 is 2.58. The van der Waals surface area contributed by atoms with Gasteiger partial charge in [0.05, 0.1) is 16.4 Å². The number of nitro groups is 1. The Balaban J connectivity index is 0.000000352. The van der Waals surface area contributed by atoms with Crippen molar-refractivity contribution < 1.29 is 19.2 Å². The summed E-state index contributed by atoms with van der Waals surface area (Å²) < 4.78 is 11.9. The summed E-state index contributed by atoms with van der Waals surface area (Å²) in [5.41, 5.74) is 3.46. The van der Waals surface area contributed by atoms with Gasteiger partial charge in [0.25, 0.3) is 0 Å². The molecule has 0 bridgehead atoms. The number of ketones is 1. The lowest BCUT2D eigenvalue weighted by Gasteiger charge is -2.15. The molecule has 3 aromatic rings. The average Bonchev–Trinajstić information content (AvgIpc) is 3.43. The van der Waals surface area contributed by atoms with Gasteiger partial charge in [-0.1, -0.05) is 72.9 Å². The number of rotatable bonds is 11. The Kier molecular flexibility index (Phi) is 12.8. The lowest BCUT2D eigenvalue weighted by Crippen LogP contribution is -1.97. The second-order valence-electron chi connectivity index (χ2n) is 8.37. The predicted molar refractivity (Wildman–Crippen MR) is 159 cm³/mol. The summed E-state index contributed by atoms with van der Waals surface area (Å²) in [5, 5.41) is 11.1. The summed E-state index contributed by atoms with van der Waals surface area (Å²) in [5.74, 6) is 1.71. The molecule has 2 aromatic carbocycles. The number of hydrogen-bond acceptors (Lipinski definition) is 7. The molecule has 0 spiro atoms. The highest BCUT2D eigenvalue weighted by Crippen LogP contribution is 2.34. The number of carbonyl (C=O) groups is 1. The minimum Gasteiger partial charge on any atom is -0.494 e. The molecule has 0 aliphatic carbocycles. The zero-order valence-corrected chi connectivity index (χ0v) is 24.4. The molecule has 0 aliphatic rings. The molecule has 1 heterocycles. The van der Waals surface area contributed by atoms with Crippen molar-refractivity contribution in [1.82, 2.24) is 0 Å². The quantitative estimate of drug-likeness (QED) is 0.102. The topological polar surface area (TPSA) is 78.7 Å². The molecule has 202 valence electrons. The van der Waals surface area contributed by atoms with Crippen LogP contribution in [0.4, 0.5) is 5.00 Å². The van der Waals surface area contributed by atoms with Crippen LogP contribution in [0.1, 0.15) is 68.3 Å². The second kappa shape index (κ2) is 15.8. The van der Waals surface area contributed by atoms with Gasteiger partial charge in [-0.15, -0.1) is 0 Å². The normalized spacial score (nSPS) is 11.7. The molecular formula is C30H35NO5S2. The van der Waals surface area contributed by atoms with Crippen LogP contribution in [-0.4, -0.2) is 17.3 Å². The number of thioether (sulfide) groups is 1. The van der Waals surface area contributed by atoms with E-state index in [2.05, 4.69) is 58.0 Å². The maximum atomic E-state index is 11.0. The fourth-order valence-electron chi connectivity index (χ4n) is 2.98. The molecule has 8 heteroatoms. The van der Waals surface area contributed by atoms with Crippen LogP contribution in [0.3, 0.4) is 0 Å². The number of ether oxygens (including phenoxy) is 2. The van der Waals surface area contributed by atoms with E-state index in [-0.39, 0.29) is 10.8 Å². The number of benzene rings is 2. The van der Waals surface area contributed by atoms with Crippen molar-refractivity contribution in [2.75, 3.05) is 6.61 Å². The van der Waals surface area contributed by atoms with Gasteiger partial charge in [-0.05, 0) is 74.9 Å². The molecule has 0 unspecified atom stereocenters. The first-order valence-corrected chi connectivity index (χ1v) is 14.1. The third-order valence-electron chi connectivity index (χ3n) is 5.33. The lowest BCUT2D eigenvalue weighted by atomic mass is 10.1. The molecule has 0 saturated heterocycles. The Morgan fingerprint density at radius 3 is 2.16 bits per heavy atom. The number of nitrogens with zero attached hydrogens (tertiary/aromatic N) is 1. The highest BCUT2D eigenvalue weighted by molar-refractivity contribution is 8.06. The number of Topliss-reactive ketones (excluding diaryl/α,β-unsaturated/α-hetero) is 1. The van der Waals surface area contributed by atoms with E-state index in [0.29, 0.717) is 11.3 Å². The van der Waals surface area contributed by atoms with Crippen molar-refractivity contribution in [2.45, 2.75) is 54.4 Å². The number of hydrogen-bond donors (Lipinski definition) is 0. The predicted octanol–water partition coefficient (Wildman–Crippen LogP) is 9.46. The van der Waals surface area contributed by atoms with Gasteiger partial charge in [-0.25, -0.2) is 0 Å². The highest BCUT2D eigenvalue weighted by Gasteiger charge is 2.13. The molecule has 0 fully saturated rings. The van der Waals surface area contributed by atoms with E-state index in [9.17, 15) is 14.9 Å². The Hall–Kier alpha value is -3.36. The average molecular weight is 554 g/mol. The van der Waals surface area contributed by atoms with E-state index in [1.54, 1.807) is 18.7 Å². The zero-order valence-electron chi connectivity index (χ0n) is 22.8. The van der Waals surface area contributed by atoms with Crippen molar-refractivity contribution in [3.05, 3.63) is 103 Å². The maximum Gasteiger partial charge on any atom is 0.324 e. The number of carbonyl (C=O) groups excluding carboxylic acids is 1. The second-order valence-corrected chi connectivity index (χ2v) is 10.7. The molecular weight excluding hydrogens is 518 g/mol. The third-order valence-corrected chi connectivity index (χ3v) is 7.54. The molecule has 0 atom stereocenters. The van der Waals surface area contributed by atoms with Gasteiger partial charge >= 0.3 is 5.00 Å². The van der Waals surface area contributed by atoms with E-state index in [1.165, 1.54) is 22.6 Å². The van der Waals surface area contributed by atoms with Crippen LogP contribution < -0.4 is 9.47 Å². The van der Waals surface area contributed by atoms with E-state index in [0.717, 1.165) is 52.1 Å². The molecule has 38 heavy (non-hydrogen) atoms. The third kappa shape index (κ3) is 9.84. The molecule has 0 aliphatic heterocycles. The number of aryl methyl sites for hydroxylation is 1. The van der Waals surface area contributed by atoms with Gasteiger partial charge in [0.15, 0.2) is 10.9 Å². The monoisotopic (exact) mass is 553 g/mol. The summed E-state index contributed by atoms with van der Waals surface area (Å²) in [7, 11) is 0. The zero-order chi connectivity index (χ0) is 28.1. The molecule has 1 aromatic heterocycles. The fraction of sp³-hybridized carbons (Fsp3) is 0.300. The van der Waals surface area contributed by atoms with Crippen LogP contribution in [0.5, 0.6) is 11.5 Å². The molecule has 0 N–H and O–H groups in total. The summed E-state index contributed by atoms with van der Waals surface area (Å²) in [4.78, 5) is 22.4. The van der Waals surface area contributed by atoms with Crippen LogP contribution in [0.25, 0.3) is 5.57 Å². The van der Waals surface area contributed by atoms with Crippen molar-refractivity contribution in [2.24, 2.45) is 0 Å². The van der Waals surface area contributed by atoms with Gasteiger partial charge in [0.1, 0.15) is 11.5 Å². The van der Waals surface area contributed by atoms with Crippen LogP contribution >= 0.6 is 23.1 Å². The maximum absolute atomic E-state index is 11.0. The van der Waals surface area contributed by atoms with Gasteiger partial charge in [0.2, 0.25) is 0 Å². The van der Waals surface area contributed by atoms with E-state index in [4.69, 9.17) is 9.47 Å². The summed E-state index contributed by atoms with van der Waals surface area (Å²) in [6, 6.07) is 19.2. The first-order chi connectivity index (χ1) is 18.2. The smallest absolute Gasteiger partial charge is 0.324 e. The van der Waals surface area contributed by atoms with Crippen LogP contribution in [0, 0.1) is 17.0 Å². The van der Waals surface area contributed by atoms with Crippen molar-refractivity contribution in [3.8, 4) is 11.5 Å². The van der Waals surface area contributed by atoms with Gasteiger partial charge in [0, 0.05) is 18.1 Å². The Labute approximate surface area is 233 Å². The van der Waals surface area contributed by atoms with Crippen LogP contribution in [0.2, 0.25) is 0 Å². The SMILES string of the molecule is C/C=C(/C)S/C(Oc1ccc(C)cc1)=C(\C)c1ccc(OCCC)cc1.CCC(=O)c1ccc([N+](=O)[O-])s1. The fourth-order valence-corrected chi connectivity index (χ4v) is 4.63. The van der Waals surface area contributed by atoms with Gasteiger partial charge in [-0.3, -0.25) is 14.9 Å². The van der Waals surface area contributed by atoms with Crippen molar-refractivity contribution in [1.29, 1.82) is 0 Å². The van der Waals surface area contributed by atoms with Crippen LogP contribution in [-0.2, 0) is 0 Å². The first kappa shape index (κ1) is 30.9. The molecule has 3 rings (SSSR count). The van der Waals surface area contributed by atoms with Crippen molar-refractivity contribution >= 4 is 39.5 Å². The molecule has 0 saturated carbocycles. The Morgan fingerprint density at radius 1 is 1.00 bits per heavy atom. The van der Waals surface area contributed by atoms with Crippen LogP contribution in [0.15, 0.2) is 76.7 Å². The minimum atomic E-state index is -0.489. The van der Waals surface area contributed by atoms with E-state index in [1.807, 2.05) is 31.2 Å².